The van der Waals surface area contributed by atoms with Gasteiger partial charge in [-0.3, -0.25) is 15.1 Å². The maximum Gasteiger partial charge on any atom is 0.161 e. The highest BCUT2D eigenvalue weighted by molar-refractivity contribution is 8.02. The summed E-state index contributed by atoms with van der Waals surface area (Å²) in [4.78, 5) is 24.4. The van der Waals surface area contributed by atoms with Crippen molar-refractivity contribution in [2.24, 2.45) is 0 Å². The Morgan fingerprint density at radius 3 is 2.74 bits per heavy atom. The average Bonchev–Trinajstić information content (AvgIpc) is 3.45. The van der Waals surface area contributed by atoms with Crippen LogP contribution in [-0.4, -0.2) is 59.4 Å². The van der Waals surface area contributed by atoms with Gasteiger partial charge in [0, 0.05) is 35.9 Å². The Morgan fingerprint density at radius 1 is 1.09 bits per heavy atom. The molecule has 0 aliphatic carbocycles. The molecule has 0 bridgehead atoms. The highest BCUT2D eigenvalue weighted by Gasteiger charge is 2.17. The first-order valence-electron chi connectivity index (χ1n) is 11.5. The molecule has 35 heavy (non-hydrogen) atoms. The predicted molar refractivity (Wildman–Crippen MR) is 144 cm³/mol. The molecule has 0 aliphatic heterocycles. The van der Waals surface area contributed by atoms with Gasteiger partial charge in [-0.05, 0) is 61.8 Å². The van der Waals surface area contributed by atoms with Crippen LogP contribution in [0.1, 0.15) is 32.0 Å². The van der Waals surface area contributed by atoms with Crippen LogP contribution in [0, 0.1) is 0 Å². The minimum Gasteiger partial charge on any atom is -0.336 e. The van der Waals surface area contributed by atoms with Crippen LogP contribution in [0.3, 0.4) is 0 Å². The maximum absolute atomic E-state index is 4.94. The Labute approximate surface area is 208 Å². The van der Waals surface area contributed by atoms with E-state index in [9.17, 15) is 0 Å². The van der Waals surface area contributed by atoms with Crippen LogP contribution in [-0.2, 0) is 6.54 Å². The van der Waals surface area contributed by atoms with Crippen molar-refractivity contribution in [3.8, 4) is 22.8 Å². The Hall–Kier alpha value is -3.56. The van der Waals surface area contributed by atoms with Gasteiger partial charge in [0.1, 0.15) is 11.0 Å². The SMILES string of the molecule is C/C(=C\SC(C)C)c1nccc2[nH]c(-c3n[nH]c4ccc(-c5cncc(CN(C)C)c5)nc34)nc12. The molecule has 5 aromatic rings. The second-order valence-corrected chi connectivity index (χ2v) is 10.6. The second-order valence-electron chi connectivity index (χ2n) is 9.11. The molecule has 0 unspecified atom stereocenters. The molecule has 0 aliphatic rings. The number of allylic oxidation sites excluding steroid dienone is 1. The number of nitrogens with one attached hydrogen (secondary N) is 2. The summed E-state index contributed by atoms with van der Waals surface area (Å²) in [6.45, 7) is 7.24. The molecular formula is C26H28N8S. The van der Waals surface area contributed by atoms with Crippen LogP contribution < -0.4 is 0 Å². The molecule has 5 aromatic heterocycles. The number of H-pyrrole nitrogens is 2. The molecule has 5 rings (SSSR count). The van der Waals surface area contributed by atoms with E-state index < -0.39 is 0 Å². The molecule has 2 N–H and O–H groups in total. The zero-order valence-corrected chi connectivity index (χ0v) is 21.3. The van der Waals surface area contributed by atoms with Gasteiger partial charge in [0.05, 0.1) is 22.4 Å². The average molecular weight is 485 g/mol. The van der Waals surface area contributed by atoms with Gasteiger partial charge >= 0.3 is 0 Å². The first-order chi connectivity index (χ1) is 16.9. The molecule has 0 fully saturated rings. The van der Waals surface area contributed by atoms with E-state index >= 15 is 0 Å². The number of aromatic nitrogens is 7. The first-order valence-corrected chi connectivity index (χ1v) is 12.4. The van der Waals surface area contributed by atoms with Gasteiger partial charge in [-0.2, -0.15) is 5.10 Å². The Bertz CT molecular complexity index is 1530. The van der Waals surface area contributed by atoms with E-state index in [1.54, 1.807) is 11.8 Å². The summed E-state index contributed by atoms with van der Waals surface area (Å²) in [5.74, 6) is 0.661. The van der Waals surface area contributed by atoms with Gasteiger partial charge in [0.15, 0.2) is 11.5 Å². The van der Waals surface area contributed by atoms with Gasteiger partial charge in [-0.15, -0.1) is 11.8 Å². The molecule has 0 aromatic carbocycles. The van der Waals surface area contributed by atoms with E-state index in [4.69, 9.17) is 9.97 Å². The van der Waals surface area contributed by atoms with Gasteiger partial charge in [-0.1, -0.05) is 13.8 Å². The molecule has 178 valence electrons. The third-order valence-corrected chi connectivity index (χ3v) is 6.55. The van der Waals surface area contributed by atoms with E-state index in [0.29, 0.717) is 16.8 Å². The van der Waals surface area contributed by atoms with Crippen LogP contribution >= 0.6 is 11.8 Å². The highest BCUT2D eigenvalue weighted by atomic mass is 32.2. The topological polar surface area (TPSA) is 99.3 Å². The number of fused-ring (bicyclic) bond motifs is 2. The van der Waals surface area contributed by atoms with Gasteiger partial charge in [0.2, 0.25) is 0 Å². The molecule has 0 radical (unpaired) electrons. The highest BCUT2D eigenvalue weighted by Crippen LogP contribution is 2.30. The summed E-state index contributed by atoms with van der Waals surface area (Å²) >= 11 is 1.78. The Morgan fingerprint density at radius 2 is 1.94 bits per heavy atom. The normalized spacial score (nSPS) is 12.5. The van der Waals surface area contributed by atoms with E-state index in [0.717, 1.165) is 56.7 Å². The van der Waals surface area contributed by atoms with E-state index in [2.05, 4.69) is 62.3 Å². The number of imidazole rings is 1. The fourth-order valence-electron chi connectivity index (χ4n) is 3.93. The standard InChI is InChI=1S/C26H28N8S/c1-15(2)35-14-16(3)22-23-20(8-9-28-22)30-26(31-23)25-24-21(32-33-25)7-6-19(29-24)18-10-17(11-27-12-18)13-34(4)5/h6-12,14-15H,13H2,1-5H3,(H,30,31)(H,32,33)/b16-14+. The lowest BCUT2D eigenvalue weighted by Gasteiger charge is -2.10. The van der Waals surface area contributed by atoms with Crippen molar-refractivity contribution in [3.63, 3.8) is 0 Å². The van der Waals surface area contributed by atoms with Crippen LogP contribution in [0.25, 0.3) is 50.4 Å². The molecule has 8 nitrogen and oxygen atoms in total. The Kier molecular flexibility index (Phi) is 6.36. The van der Waals surface area contributed by atoms with Gasteiger partial charge in [0.25, 0.3) is 0 Å². The smallest absolute Gasteiger partial charge is 0.161 e. The maximum atomic E-state index is 4.94. The summed E-state index contributed by atoms with van der Waals surface area (Å²) in [5.41, 5.74) is 8.95. The van der Waals surface area contributed by atoms with E-state index in [1.165, 1.54) is 0 Å². The minimum atomic E-state index is 0.508. The molecule has 5 heterocycles. The van der Waals surface area contributed by atoms with E-state index in [1.807, 2.05) is 50.9 Å². The molecule has 0 spiro atoms. The van der Waals surface area contributed by atoms with Gasteiger partial charge < -0.3 is 9.88 Å². The van der Waals surface area contributed by atoms with Crippen molar-refractivity contribution in [1.82, 2.24) is 40.0 Å². The molecule has 9 heteroatoms. The van der Waals surface area contributed by atoms with Crippen LogP contribution in [0.2, 0.25) is 0 Å². The third-order valence-electron chi connectivity index (χ3n) is 5.51. The van der Waals surface area contributed by atoms with Gasteiger partial charge in [-0.25, -0.2) is 9.97 Å². The minimum absolute atomic E-state index is 0.508. The number of aromatic amines is 2. The summed E-state index contributed by atoms with van der Waals surface area (Å²) in [6.07, 6.45) is 5.54. The number of pyridine rings is 3. The molecular weight excluding hydrogens is 456 g/mol. The van der Waals surface area contributed by atoms with E-state index in [-0.39, 0.29) is 0 Å². The van der Waals surface area contributed by atoms with Crippen molar-refractivity contribution in [2.45, 2.75) is 32.6 Å². The lowest BCUT2D eigenvalue weighted by atomic mass is 10.1. The summed E-state index contributed by atoms with van der Waals surface area (Å²) < 4.78 is 0. The predicted octanol–water partition coefficient (Wildman–Crippen LogP) is 5.52. The monoisotopic (exact) mass is 484 g/mol. The molecule has 0 atom stereocenters. The molecule has 0 saturated heterocycles. The Balaban J connectivity index is 1.56. The fourth-order valence-corrected chi connectivity index (χ4v) is 4.52. The lowest BCUT2D eigenvalue weighted by Crippen LogP contribution is -2.10. The van der Waals surface area contributed by atoms with Crippen LogP contribution in [0.5, 0.6) is 0 Å². The van der Waals surface area contributed by atoms with Crippen molar-refractivity contribution in [3.05, 3.63) is 59.5 Å². The number of hydrogen-bond donors (Lipinski definition) is 2. The van der Waals surface area contributed by atoms with Crippen molar-refractivity contribution >= 4 is 39.4 Å². The number of rotatable bonds is 7. The van der Waals surface area contributed by atoms with Crippen molar-refractivity contribution in [1.29, 1.82) is 0 Å². The van der Waals surface area contributed by atoms with Crippen molar-refractivity contribution < 1.29 is 0 Å². The zero-order chi connectivity index (χ0) is 24.5. The summed E-state index contributed by atoms with van der Waals surface area (Å²) in [7, 11) is 4.09. The second kappa shape index (κ2) is 9.59. The third kappa shape index (κ3) is 4.82. The zero-order valence-electron chi connectivity index (χ0n) is 20.5. The number of hydrogen-bond acceptors (Lipinski definition) is 7. The summed E-state index contributed by atoms with van der Waals surface area (Å²) in [5, 5.41) is 10.3. The first kappa shape index (κ1) is 23.2. The fraction of sp³-hybridized carbons (Fsp3) is 0.269. The number of thioether (sulfide) groups is 1. The summed E-state index contributed by atoms with van der Waals surface area (Å²) in [6, 6.07) is 8.05. The quantitative estimate of drug-likeness (QED) is 0.314. The lowest BCUT2D eigenvalue weighted by molar-refractivity contribution is 0.402. The largest absolute Gasteiger partial charge is 0.336 e. The molecule has 0 amide bonds. The van der Waals surface area contributed by atoms with Crippen LogP contribution in [0.15, 0.2) is 48.3 Å². The van der Waals surface area contributed by atoms with Crippen LogP contribution in [0.4, 0.5) is 0 Å². The van der Waals surface area contributed by atoms with Crippen molar-refractivity contribution in [2.75, 3.05) is 14.1 Å². The molecule has 0 saturated carbocycles. The number of nitrogens with zero attached hydrogens (tertiary/aromatic N) is 6.